The number of carbonyl (C=O) groups is 2. The predicted molar refractivity (Wildman–Crippen MR) is 56.9 cm³/mol. The molecule has 92 valence electrons. The maximum absolute atomic E-state index is 11.9. The van der Waals surface area contributed by atoms with Crippen molar-refractivity contribution in [3.05, 3.63) is 0 Å². The lowest BCUT2D eigenvalue weighted by atomic mass is 10.1. The summed E-state index contributed by atoms with van der Waals surface area (Å²) in [6.07, 6.45) is -0.121. The molecule has 2 unspecified atom stereocenters. The summed E-state index contributed by atoms with van der Waals surface area (Å²) in [5, 5.41) is 20.8. The van der Waals surface area contributed by atoms with E-state index in [1.165, 1.54) is 4.90 Å². The second-order valence-corrected chi connectivity index (χ2v) is 3.91. The minimum Gasteiger partial charge on any atom is -0.481 e. The third kappa shape index (κ3) is 3.46. The SMILES string of the molecule is CCN(CCC(=O)O)C(=O)C1CC(O)CN1. The van der Waals surface area contributed by atoms with Gasteiger partial charge in [-0.1, -0.05) is 0 Å². The summed E-state index contributed by atoms with van der Waals surface area (Å²) in [5.74, 6) is -1.04. The van der Waals surface area contributed by atoms with Gasteiger partial charge in [0.05, 0.1) is 18.6 Å². The predicted octanol–water partition coefficient (Wildman–Crippen LogP) is -0.968. The number of hydrogen-bond donors (Lipinski definition) is 3. The van der Waals surface area contributed by atoms with Gasteiger partial charge in [0.25, 0.3) is 0 Å². The van der Waals surface area contributed by atoms with Gasteiger partial charge < -0.3 is 20.4 Å². The summed E-state index contributed by atoms with van der Waals surface area (Å²) in [4.78, 5) is 23.8. The number of aliphatic carboxylic acids is 1. The molecule has 1 saturated heterocycles. The Balaban J connectivity index is 2.45. The average Bonchev–Trinajstić information content (AvgIpc) is 2.65. The average molecular weight is 230 g/mol. The number of β-amino-alcohol motifs (C(OH)–C–C–N with tert-alkyl or cyclic N) is 1. The minimum atomic E-state index is -0.911. The molecule has 1 aliphatic rings. The molecule has 16 heavy (non-hydrogen) atoms. The van der Waals surface area contributed by atoms with E-state index in [4.69, 9.17) is 5.11 Å². The molecule has 6 heteroatoms. The first kappa shape index (κ1) is 12.9. The van der Waals surface area contributed by atoms with Crippen LogP contribution in [0.15, 0.2) is 0 Å². The summed E-state index contributed by atoms with van der Waals surface area (Å²) in [5.41, 5.74) is 0. The van der Waals surface area contributed by atoms with Crippen LogP contribution in [0.25, 0.3) is 0 Å². The van der Waals surface area contributed by atoms with Crippen LogP contribution in [0.4, 0.5) is 0 Å². The molecular formula is C10H18N2O4. The summed E-state index contributed by atoms with van der Waals surface area (Å²) < 4.78 is 0. The summed E-state index contributed by atoms with van der Waals surface area (Å²) in [6.45, 7) is 2.94. The zero-order valence-electron chi connectivity index (χ0n) is 9.35. The molecule has 1 heterocycles. The number of carbonyl (C=O) groups excluding carboxylic acids is 1. The van der Waals surface area contributed by atoms with Gasteiger partial charge in [0.15, 0.2) is 0 Å². The highest BCUT2D eigenvalue weighted by atomic mass is 16.4. The van der Waals surface area contributed by atoms with Crippen molar-refractivity contribution in [2.45, 2.75) is 31.9 Å². The van der Waals surface area contributed by atoms with E-state index in [9.17, 15) is 14.7 Å². The van der Waals surface area contributed by atoms with E-state index in [2.05, 4.69) is 5.32 Å². The number of amides is 1. The molecule has 1 fully saturated rings. The van der Waals surface area contributed by atoms with Gasteiger partial charge in [-0.3, -0.25) is 9.59 Å². The smallest absolute Gasteiger partial charge is 0.305 e. The number of aliphatic hydroxyl groups excluding tert-OH is 1. The lowest BCUT2D eigenvalue weighted by Crippen LogP contribution is -2.44. The highest BCUT2D eigenvalue weighted by Gasteiger charge is 2.30. The first-order chi connectivity index (χ1) is 7.54. The molecule has 0 aromatic heterocycles. The van der Waals surface area contributed by atoms with Crippen molar-refractivity contribution in [1.82, 2.24) is 10.2 Å². The van der Waals surface area contributed by atoms with Crippen LogP contribution in [0.5, 0.6) is 0 Å². The lowest BCUT2D eigenvalue weighted by Gasteiger charge is -2.23. The first-order valence-electron chi connectivity index (χ1n) is 5.46. The van der Waals surface area contributed by atoms with Crippen LogP contribution >= 0.6 is 0 Å². The Bertz CT molecular complexity index is 270. The third-order valence-electron chi connectivity index (χ3n) is 2.69. The third-order valence-corrected chi connectivity index (χ3v) is 2.69. The molecular weight excluding hydrogens is 212 g/mol. The van der Waals surface area contributed by atoms with E-state index in [0.717, 1.165) is 0 Å². The second-order valence-electron chi connectivity index (χ2n) is 3.91. The Morgan fingerprint density at radius 2 is 2.19 bits per heavy atom. The van der Waals surface area contributed by atoms with E-state index >= 15 is 0 Å². The first-order valence-corrected chi connectivity index (χ1v) is 5.46. The van der Waals surface area contributed by atoms with Gasteiger partial charge in [-0.15, -0.1) is 0 Å². The van der Waals surface area contributed by atoms with Crippen LogP contribution in [-0.4, -0.2) is 58.8 Å². The van der Waals surface area contributed by atoms with E-state index < -0.39 is 12.1 Å². The van der Waals surface area contributed by atoms with Gasteiger partial charge in [-0.05, 0) is 13.3 Å². The number of rotatable bonds is 5. The summed E-state index contributed by atoms with van der Waals surface area (Å²) >= 11 is 0. The second kappa shape index (κ2) is 5.81. The highest BCUT2D eigenvalue weighted by molar-refractivity contribution is 5.82. The van der Waals surface area contributed by atoms with Gasteiger partial charge in [0, 0.05) is 19.6 Å². The standard InChI is InChI=1S/C10H18N2O4/c1-2-12(4-3-9(14)15)10(16)8-5-7(13)6-11-8/h7-8,11,13H,2-6H2,1H3,(H,14,15). The van der Waals surface area contributed by atoms with E-state index in [0.29, 0.717) is 19.5 Å². The number of aliphatic hydroxyl groups is 1. The number of likely N-dealkylation sites (N-methyl/N-ethyl adjacent to an activating group) is 1. The monoisotopic (exact) mass is 230 g/mol. The number of carboxylic acids is 1. The van der Waals surface area contributed by atoms with Gasteiger partial charge in [-0.25, -0.2) is 0 Å². The molecule has 0 saturated carbocycles. The Morgan fingerprint density at radius 1 is 1.50 bits per heavy atom. The molecule has 0 aromatic carbocycles. The number of nitrogens with one attached hydrogen (secondary N) is 1. The van der Waals surface area contributed by atoms with Crippen molar-refractivity contribution in [3.63, 3.8) is 0 Å². The highest BCUT2D eigenvalue weighted by Crippen LogP contribution is 2.09. The normalized spacial score (nSPS) is 24.4. The van der Waals surface area contributed by atoms with Crippen LogP contribution in [0.3, 0.4) is 0 Å². The maximum Gasteiger partial charge on any atom is 0.305 e. The molecule has 0 radical (unpaired) electrons. The van der Waals surface area contributed by atoms with Crippen molar-refractivity contribution in [3.8, 4) is 0 Å². The van der Waals surface area contributed by atoms with Crippen LogP contribution in [-0.2, 0) is 9.59 Å². The van der Waals surface area contributed by atoms with Crippen molar-refractivity contribution in [2.24, 2.45) is 0 Å². The van der Waals surface area contributed by atoms with Crippen molar-refractivity contribution >= 4 is 11.9 Å². The minimum absolute atomic E-state index is 0.0468. The Morgan fingerprint density at radius 3 is 2.62 bits per heavy atom. The van der Waals surface area contributed by atoms with Gasteiger partial charge in [0.2, 0.25) is 5.91 Å². The Kier molecular flexibility index (Phi) is 4.70. The Labute approximate surface area is 94.2 Å². The van der Waals surface area contributed by atoms with Gasteiger partial charge in [-0.2, -0.15) is 0 Å². The number of carboxylic acid groups (broad SMARTS) is 1. The van der Waals surface area contributed by atoms with Gasteiger partial charge in [0.1, 0.15) is 0 Å². The molecule has 1 aliphatic heterocycles. The van der Waals surface area contributed by atoms with Crippen molar-refractivity contribution in [2.75, 3.05) is 19.6 Å². The van der Waals surface area contributed by atoms with Crippen LogP contribution < -0.4 is 5.32 Å². The summed E-state index contributed by atoms with van der Waals surface area (Å²) in [7, 11) is 0. The van der Waals surface area contributed by atoms with Crippen LogP contribution in [0, 0.1) is 0 Å². The number of hydrogen-bond acceptors (Lipinski definition) is 4. The quantitative estimate of drug-likeness (QED) is 0.565. The fourth-order valence-corrected chi connectivity index (χ4v) is 1.78. The molecule has 1 amide bonds. The van der Waals surface area contributed by atoms with Crippen LogP contribution in [0.2, 0.25) is 0 Å². The molecule has 0 aromatic rings. The molecule has 2 atom stereocenters. The van der Waals surface area contributed by atoms with E-state index in [1.54, 1.807) is 0 Å². The van der Waals surface area contributed by atoms with E-state index in [-0.39, 0.29) is 24.9 Å². The van der Waals surface area contributed by atoms with Crippen LogP contribution in [0.1, 0.15) is 19.8 Å². The molecule has 6 nitrogen and oxygen atoms in total. The van der Waals surface area contributed by atoms with Gasteiger partial charge >= 0.3 is 5.97 Å². The zero-order valence-corrected chi connectivity index (χ0v) is 9.35. The summed E-state index contributed by atoms with van der Waals surface area (Å²) in [6, 6.07) is -0.372. The molecule has 0 spiro atoms. The maximum atomic E-state index is 11.9. The van der Waals surface area contributed by atoms with Crippen molar-refractivity contribution in [1.29, 1.82) is 0 Å². The molecule has 3 N–H and O–H groups in total. The molecule has 0 bridgehead atoms. The molecule has 0 aliphatic carbocycles. The number of nitrogens with zero attached hydrogens (tertiary/aromatic N) is 1. The lowest BCUT2D eigenvalue weighted by molar-refractivity contribution is -0.139. The largest absolute Gasteiger partial charge is 0.481 e. The fraction of sp³-hybridized carbons (Fsp3) is 0.800. The fourth-order valence-electron chi connectivity index (χ4n) is 1.78. The Hall–Kier alpha value is -1.14. The van der Waals surface area contributed by atoms with Crippen molar-refractivity contribution < 1.29 is 19.8 Å². The van der Waals surface area contributed by atoms with E-state index in [1.807, 2.05) is 6.92 Å². The topological polar surface area (TPSA) is 89.9 Å². The zero-order chi connectivity index (χ0) is 12.1. The molecule has 1 rings (SSSR count).